The first kappa shape index (κ1) is 11.9. The van der Waals surface area contributed by atoms with Crippen LogP contribution >= 0.6 is 11.3 Å². The van der Waals surface area contributed by atoms with Crippen molar-refractivity contribution in [2.75, 3.05) is 6.54 Å². The zero-order chi connectivity index (χ0) is 12.5. The van der Waals surface area contributed by atoms with Crippen molar-refractivity contribution in [2.45, 2.75) is 32.7 Å². The number of aromatic nitrogens is 1. The van der Waals surface area contributed by atoms with E-state index < -0.39 is 0 Å². The first-order valence-corrected chi connectivity index (χ1v) is 7.38. The second-order valence-electron chi connectivity index (χ2n) is 5.04. The number of thiazole rings is 1. The fraction of sp³-hybridized carbons (Fsp3) is 0.400. The van der Waals surface area contributed by atoms with Crippen LogP contribution in [0, 0.1) is 13.8 Å². The van der Waals surface area contributed by atoms with Crippen molar-refractivity contribution in [3.8, 4) is 10.6 Å². The Morgan fingerprint density at radius 3 is 2.94 bits per heavy atom. The molecule has 3 heteroatoms. The molecular weight excluding hydrogens is 240 g/mol. The second kappa shape index (κ2) is 4.82. The predicted molar refractivity (Wildman–Crippen MR) is 77.0 cm³/mol. The van der Waals surface area contributed by atoms with Crippen LogP contribution in [0.1, 0.15) is 35.7 Å². The first-order valence-electron chi connectivity index (χ1n) is 6.50. The van der Waals surface area contributed by atoms with Gasteiger partial charge in [0.1, 0.15) is 5.01 Å². The molecule has 2 aromatic rings. The summed E-state index contributed by atoms with van der Waals surface area (Å²) in [5.74, 6) is 0. The Bertz CT molecular complexity index is 553. The summed E-state index contributed by atoms with van der Waals surface area (Å²) in [7, 11) is 0. The van der Waals surface area contributed by atoms with Gasteiger partial charge in [-0.1, -0.05) is 23.8 Å². The maximum atomic E-state index is 4.81. The van der Waals surface area contributed by atoms with E-state index in [-0.39, 0.29) is 0 Å². The van der Waals surface area contributed by atoms with E-state index in [0.717, 1.165) is 11.6 Å². The molecule has 1 aliphatic heterocycles. The summed E-state index contributed by atoms with van der Waals surface area (Å²) in [6, 6.07) is 7.05. The van der Waals surface area contributed by atoms with Crippen molar-refractivity contribution < 1.29 is 0 Å². The van der Waals surface area contributed by atoms with Crippen LogP contribution in [0.4, 0.5) is 0 Å². The Labute approximate surface area is 112 Å². The van der Waals surface area contributed by atoms with Gasteiger partial charge < -0.3 is 5.32 Å². The molecule has 1 unspecified atom stereocenters. The highest BCUT2D eigenvalue weighted by Crippen LogP contribution is 2.31. The maximum Gasteiger partial charge on any atom is 0.123 e. The Morgan fingerprint density at radius 1 is 1.33 bits per heavy atom. The van der Waals surface area contributed by atoms with Crippen LogP contribution in [0.25, 0.3) is 10.6 Å². The molecular formula is C15H18N2S. The third-order valence-corrected chi connectivity index (χ3v) is 4.45. The van der Waals surface area contributed by atoms with Gasteiger partial charge in [-0.25, -0.2) is 4.98 Å². The van der Waals surface area contributed by atoms with Crippen LogP contribution in [0.15, 0.2) is 23.6 Å². The van der Waals surface area contributed by atoms with Gasteiger partial charge in [-0.3, -0.25) is 0 Å². The summed E-state index contributed by atoms with van der Waals surface area (Å²) in [5.41, 5.74) is 5.11. The normalized spacial score (nSPS) is 19.3. The third-order valence-electron chi connectivity index (χ3n) is 3.55. The lowest BCUT2D eigenvalue weighted by atomic mass is 10.1. The van der Waals surface area contributed by atoms with Crippen molar-refractivity contribution in [2.24, 2.45) is 0 Å². The number of hydrogen-bond donors (Lipinski definition) is 1. The lowest BCUT2D eigenvalue weighted by molar-refractivity contribution is 0.632. The van der Waals surface area contributed by atoms with Crippen molar-refractivity contribution >= 4 is 11.3 Å². The summed E-state index contributed by atoms with van der Waals surface area (Å²) in [6.45, 7) is 5.42. The standard InChI is InChI=1S/C15H18N2S/c1-10-5-6-12(11(2)8-10)15-17-14(9-18-15)13-4-3-7-16-13/h5-6,8-9,13,16H,3-4,7H2,1-2H3. The first-order chi connectivity index (χ1) is 8.74. The van der Waals surface area contributed by atoms with Gasteiger partial charge in [0.25, 0.3) is 0 Å². The van der Waals surface area contributed by atoms with Crippen LogP contribution in [0.3, 0.4) is 0 Å². The fourth-order valence-corrected chi connectivity index (χ4v) is 3.52. The summed E-state index contributed by atoms with van der Waals surface area (Å²) < 4.78 is 0. The van der Waals surface area contributed by atoms with Crippen molar-refractivity contribution in [1.82, 2.24) is 10.3 Å². The van der Waals surface area contributed by atoms with Crippen molar-refractivity contribution in [3.63, 3.8) is 0 Å². The Morgan fingerprint density at radius 2 is 2.22 bits per heavy atom. The average Bonchev–Trinajstić information content (AvgIpc) is 2.99. The molecule has 94 valence electrons. The number of nitrogens with one attached hydrogen (secondary N) is 1. The van der Waals surface area contributed by atoms with E-state index in [4.69, 9.17) is 4.98 Å². The fourth-order valence-electron chi connectivity index (χ4n) is 2.56. The maximum absolute atomic E-state index is 4.81. The van der Waals surface area contributed by atoms with E-state index in [1.165, 1.54) is 35.2 Å². The lowest BCUT2D eigenvalue weighted by Gasteiger charge is -2.06. The van der Waals surface area contributed by atoms with Gasteiger partial charge in [0.05, 0.1) is 11.7 Å². The summed E-state index contributed by atoms with van der Waals surface area (Å²) in [5, 5.41) is 6.86. The van der Waals surface area contributed by atoms with Crippen molar-refractivity contribution in [3.05, 3.63) is 40.4 Å². The van der Waals surface area contributed by atoms with E-state index >= 15 is 0 Å². The number of hydrogen-bond acceptors (Lipinski definition) is 3. The highest BCUT2D eigenvalue weighted by atomic mass is 32.1. The highest BCUT2D eigenvalue weighted by Gasteiger charge is 2.19. The molecule has 0 aliphatic carbocycles. The van der Waals surface area contributed by atoms with Crippen LogP contribution in [-0.4, -0.2) is 11.5 Å². The van der Waals surface area contributed by atoms with Gasteiger partial charge in [-0.05, 0) is 38.8 Å². The zero-order valence-electron chi connectivity index (χ0n) is 10.9. The monoisotopic (exact) mass is 258 g/mol. The molecule has 1 aromatic carbocycles. The minimum atomic E-state index is 0.473. The Balaban J connectivity index is 1.92. The largest absolute Gasteiger partial charge is 0.309 e. The average molecular weight is 258 g/mol. The third kappa shape index (κ3) is 2.20. The molecule has 1 aliphatic rings. The van der Waals surface area contributed by atoms with Crippen LogP contribution < -0.4 is 5.32 Å². The quantitative estimate of drug-likeness (QED) is 0.885. The van der Waals surface area contributed by atoms with E-state index in [2.05, 4.69) is 42.7 Å². The molecule has 2 nitrogen and oxygen atoms in total. The zero-order valence-corrected chi connectivity index (χ0v) is 11.7. The van der Waals surface area contributed by atoms with Gasteiger partial charge in [0.2, 0.25) is 0 Å². The number of aryl methyl sites for hydroxylation is 2. The second-order valence-corrected chi connectivity index (χ2v) is 5.90. The molecule has 0 spiro atoms. The SMILES string of the molecule is Cc1ccc(-c2nc(C3CCCN3)cs2)c(C)c1. The molecule has 18 heavy (non-hydrogen) atoms. The molecule has 1 fully saturated rings. The summed E-state index contributed by atoms with van der Waals surface area (Å²) in [6.07, 6.45) is 2.48. The van der Waals surface area contributed by atoms with Gasteiger partial charge >= 0.3 is 0 Å². The van der Waals surface area contributed by atoms with E-state index in [9.17, 15) is 0 Å². The van der Waals surface area contributed by atoms with Crippen molar-refractivity contribution in [1.29, 1.82) is 0 Å². The van der Waals surface area contributed by atoms with Gasteiger partial charge in [-0.15, -0.1) is 11.3 Å². The number of nitrogens with zero attached hydrogens (tertiary/aromatic N) is 1. The van der Waals surface area contributed by atoms with Gasteiger partial charge in [0.15, 0.2) is 0 Å². The Kier molecular flexibility index (Phi) is 3.18. The Hall–Kier alpha value is -1.19. The van der Waals surface area contributed by atoms with Gasteiger partial charge in [-0.2, -0.15) is 0 Å². The van der Waals surface area contributed by atoms with Gasteiger partial charge in [0, 0.05) is 10.9 Å². The molecule has 0 radical (unpaired) electrons. The summed E-state index contributed by atoms with van der Waals surface area (Å²) in [4.78, 5) is 4.81. The molecule has 1 saturated heterocycles. The number of rotatable bonds is 2. The molecule has 3 rings (SSSR count). The molecule has 2 heterocycles. The predicted octanol–water partition coefficient (Wildman–Crippen LogP) is 3.85. The molecule has 1 aromatic heterocycles. The molecule has 0 saturated carbocycles. The van der Waals surface area contributed by atoms with E-state index in [1.54, 1.807) is 11.3 Å². The molecule has 1 N–H and O–H groups in total. The number of benzene rings is 1. The topological polar surface area (TPSA) is 24.9 Å². The lowest BCUT2D eigenvalue weighted by Crippen LogP contribution is -2.12. The molecule has 0 bridgehead atoms. The molecule has 0 amide bonds. The van der Waals surface area contributed by atoms with Crippen LogP contribution in [-0.2, 0) is 0 Å². The van der Waals surface area contributed by atoms with Crippen LogP contribution in [0.5, 0.6) is 0 Å². The summed E-state index contributed by atoms with van der Waals surface area (Å²) >= 11 is 1.76. The minimum Gasteiger partial charge on any atom is -0.309 e. The van der Waals surface area contributed by atoms with E-state index in [1.807, 2.05) is 0 Å². The van der Waals surface area contributed by atoms with Crippen LogP contribution in [0.2, 0.25) is 0 Å². The minimum absolute atomic E-state index is 0.473. The highest BCUT2D eigenvalue weighted by molar-refractivity contribution is 7.13. The van der Waals surface area contributed by atoms with E-state index in [0.29, 0.717) is 6.04 Å². The molecule has 1 atom stereocenters. The smallest absolute Gasteiger partial charge is 0.123 e.